The molecule has 2 atom stereocenters. The molecule has 2 amide bonds. The molecular formula is C20H25N3O3. The van der Waals surface area contributed by atoms with Gasteiger partial charge in [-0.25, -0.2) is 0 Å². The highest BCUT2D eigenvalue weighted by Gasteiger charge is 2.26. The van der Waals surface area contributed by atoms with Crippen LogP contribution in [0.25, 0.3) is 0 Å². The maximum atomic E-state index is 12.5. The number of phenols is 1. The van der Waals surface area contributed by atoms with Crippen molar-refractivity contribution >= 4 is 11.8 Å². The Balaban J connectivity index is 1.93. The summed E-state index contributed by atoms with van der Waals surface area (Å²) < 4.78 is 0. The van der Waals surface area contributed by atoms with Gasteiger partial charge in [0.25, 0.3) is 5.91 Å². The molecule has 0 saturated carbocycles. The Bertz CT molecular complexity index is 717. The molecule has 0 radical (unpaired) electrons. The first-order chi connectivity index (χ1) is 12.5. The lowest BCUT2D eigenvalue weighted by molar-refractivity contribution is -0.123. The predicted octanol–water partition coefficient (Wildman–Crippen LogP) is 1.46. The Morgan fingerprint density at radius 2 is 1.69 bits per heavy atom. The summed E-state index contributed by atoms with van der Waals surface area (Å²) in [5.41, 5.74) is 1.52. The topological polar surface area (TPSA) is 90.5 Å². The van der Waals surface area contributed by atoms with Gasteiger partial charge in [-0.3, -0.25) is 9.59 Å². The van der Waals surface area contributed by atoms with E-state index in [4.69, 9.17) is 0 Å². The van der Waals surface area contributed by atoms with Crippen LogP contribution in [0.4, 0.5) is 0 Å². The molecule has 0 spiro atoms. The average molecular weight is 355 g/mol. The van der Waals surface area contributed by atoms with Gasteiger partial charge in [0.05, 0.1) is 0 Å². The highest BCUT2D eigenvalue weighted by Crippen LogP contribution is 2.09. The molecular weight excluding hydrogens is 330 g/mol. The van der Waals surface area contributed by atoms with Crippen LogP contribution >= 0.6 is 0 Å². The maximum Gasteiger partial charge on any atom is 0.251 e. The highest BCUT2D eigenvalue weighted by atomic mass is 16.3. The van der Waals surface area contributed by atoms with Gasteiger partial charge in [-0.15, -0.1) is 0 Å². The fourth-order valence-electron chi connectivity index (χ4n) is 2.50. The Morgan fingerprint density at radius 1 is 1.04 bits per heavy atom. The van der Waals surface area contributed by atoms with Crippen molar-refractivity contribution in [3.8, 4) is 5.75 Å². The number of likely N-dealkylation sites (N-methyl/N-ethyl adjacent to an activating group) is 1. The van der Waals surface area contributed by atoms with Gasteiger partial charge in [0.15, 0.2) is 0 Å². The van der Waals surface area contributed by atoms with Gasteiger partial charge in [-0.2, -0.15) is 0 Å². The Hall–Kier alpha value is -2.86. The number of benzene rings is 2. The molecule has 0 aliphatic carbocycles. The fraction of sp³-hybridized carbons (Fsp3) is 0.300. The molecule has 2 unspecified atom stereocenters. The predicted molar refractivity (Wildman–Crippen MR) is 101 cm³/mol. The summed E-state index contributed by atoms with van der Waals surface area (Å²) in [7, 11) is 1.75. The van der Waals surface area contributed by atoms with Gasteiger partial charge in [-0.05, 0) is 50.2 Å². The van der Waals surface area contributed by atoms with Gasteiger partial charge < -0.3 is 21.1 Å². The number of nitrogens with one attached hydrogen (secondary N) is 3. The van der Waals surface area contributed by atoms with Crippen molar-refractivity contribution in [2.45, 2.75) is 25.4 Å². The third-order valence-corrected chi connectivity index (χ3v) is 4.21. The second-order valence-electron chi connectivity index (χ2n) is 6.10. The molecule has 6 nitrogen and oxygen atoms in total. The average Bonchev–Trinajstić information content (AvgIpc) is 2.67. The van der Waals surface area contributed by atoms with Gasteiger partial charge in [0, 0.05) is 18.2 Å². The molecule has 0 aliphatic rings. The third-order valence-electron chi connectivity index (χ3n) is 4.21. The van der Waals surface area contributed by atoms with Crippen LogP contribution in [0.5, 0.6) is 5.75 Å². The van der Waals surface area contributed by atoms with Crippen LogP contribution in [0.3, 0.4) is 0 Å². The fourth-order valence-corrected chi connectivity index (χ4v) is 2.50. The maximum absolute atomic E-state index is 12.5. The number of hydrogen-bond acceptors (Lipinski definition) is 4. The summed E-state index contributed by atoms with van der Waals surface area (Å²) >= 11 is 0. The van der Waals surface area contributed by atoms with Gasteiger partial charge in [-0.1, -0.05) is 30.3 Å². The Morgan fingerprint density at radius 3 is 2.31 bits per heavy atom. The van der Waals surface area contributed by atoms with E-state index in [0.717, 1.165) is 5.56 Å². The first-order valence-corrected chi connectivity index (χ1v) is 8.60. The van der Waals surface area contributed by atoms with Crippen molar-refractivity contribution in [3.05, 3.63) is 65.7 Å². The first-order valence-electron chi connectivity index (χ1n) is 8.60. The van der Waals surface area contributed by atoms with Crippen LogP contribution in [0, 0.1) is 0 Å². The standard InChI is InChI=1S/C20H25N3O3/c1-14(21-2)18(23-19(25)16-6-4-3-5-7-16)20(26)22-13-12-15-8-10-17(24)11-9-15/h3-11,14,18,21,24H,12-13H2,1-2H3,(H,22,26)(H,23,25). The highest BCUT2D eigenvalue weighted by molar-refractivity contribution is 5.97. The number of rotatable bonds is 8. The zero-order valence-electron chi connectivity index (χ0n) is 15.0. The molecule has 0 fully saturated rings. The Labute approximate surface area is 153 Å². The first kappa shape index (κ1) is 19.5. The zero-order chi connectivity index (χ0) is 18.9. The van der Waals surface area contributed by atoms with E-state index < -0.39 is 6.04 Å². The third kappa shape index (κ3) is 5.60. The molecule has 0 heterocycles. The number of carbonyl (C=O) groups is 2. The monoisotopic (exact) mass is 355 g/mol. The van der Waals surface area contributed by atoms with Crippen LogP contribution < -0.4 is 16.0 Å². The van der Waals surface area contributed by atoms with Gasteiger partial charge in [0.1, 0.15) is 11.8 Å². The SMILES string of the molecule is CNC(C)C(NC(=O)c1ccccc1)C(=O)NCCc1ccc(O)cc1. The van der Waals surface area contributed by atoms with Gasteiger partial charge in [0.2, 0.25) is 5.91 Å². The summed E-state index contributed by atoms with van der Waals surface area (Å²) in [6.07, 6.45) is 0.638. The minimum atomic E-state index is -0.687. The van der Waals surface area contributed by atoms with Crippen molar-refractivity contribution in [3.63, 3.8) is 0 Å². The van der Waals surface area contributed by atoms with Crippen molar-refractivity contribution in [2.75, 3.05) is 13.6 Å². The van der Waals surface area contributed by atoms with Crippen LogP contribution in [0.15, 0.2) is 54.6 Å². The quantitative estimate of drug-likeness (QED) is 0.577. The number of aromatic hydroxyl groups is 1. The molecule has 26 heavy (non-hydrogen) atoms. The summed E-state index contributed by atoms with van der Waals surface area (Å²) in [4.78, 5) is 24.9. The molecule has 4 N–H and O–H groups in total. The van der Waals surface area contributed by atoms with Crippen LogP contribution in [0.1, 0.15) is 22.8 Å². The minimum absolute atomic E-state index is 0.212. The van der Waals surface area contributed by atoms with E-state index >= 15 is 0 Å². The largest absolute Gasteiger partial charge is 0.508 e. The zero-order valence-corrected chi connectivity index (χ0v) is 15.0. The smallest absolute Gasteiger partial charge is 0.251 e. The second-order valence-corrected chi connectivity index (χ2v) is 6.10. The number of carbonyl (C=O) groups excluding carboxylic acids is 2. The molecule has 0 aromatic heterocycles. The van der Waals surface area contributed by atoms with E-state index in [2.05, 4.69) is 16.0 Å². The van der Waals surface area contributed by atoms with Crippen LogP contribution in [-0.2, 0) is 11.2 Å². The van der Waals surface area contributed by atoms with E-state index in [-0.39, 0.29) is 23.6 Å². The van der Waals surface area contributed by atoms with Crippen molar-refractivity contribution < 1.29 is 14.7 Å². The lowest BCUT2D eigenvalue weighted by atomic mass is 10.1. The van der Waals surface area contributed by atoms with E-state index in [9.17, 15) is 14.7 Å². The molecule has 0 saturated heterocycles. The molecule has 2 rings (SSSR count). The Kier molecular flexibility index (Phi) is 7.17. The van der Waals surface area contributed by atoms with E-state index in [1.807, 2.05) is 25.1 Å². The van der Waals surface area contributed by atoms with Crippen molar-refractivity contribution in [2.24, 2.45) is 0 Å². The van der Waals surface area contributed by atoms with Crippen molar-refractivity contribution in [1.82, 2.24) is 16.0 Å². The van der Waals surface area contributed by atoms with Crippen molar-refractivity contribution in [1.29, 1.82) is 0 Å². The second kappa shape index (κ2) is 9.58. The van der Waals surface area contributed by atoms with E-state index in [1.54, 1.807) is 43.4 Å². The number of amides is 2. The summed E-state index contributed by atoms with van der Waals surface area (Å²) in [6, 6.07) is 14.7. The molecule has 2 aromatic rings. The number of hydrogen-bond donors (Lipinski definition) is 4. The van der Waals surface area contributed by atoms with Gasteiger partial charge >= 0.3 is 0 Å². The van der Waals surface area contributed by atoms with E-state index in [1.165, 1.54) is 0 Å². The molecule has 0 aliphatic heterocycles. The summed E-state index contributed by atoms with van der Waals surface area (Å²) in [6.45, 7) is 2.28. The minimum Gasteiger partial charge on any atom is -0.508 e. The molecule has 0 bridgehead atoms. The van der Waals surface area contributed by atoms with E-state index in [0.29, 0.717) is 18.5 Å². The van der Waals surface area contributed by atoms with Crippen LogP contribution in [-0.4, -0.2) is 42.6 Å². The molecule has 138 valence electrons. The lowest BCUT2D eigenvalue weighted by Crippen LogP contribution is -2.56. The molecule has 2 aromatic carbocycles. The normalized spacial score (nSPS) is 12.8. The summed E-state index contributed by atoms with van der Waals surface area (Å²) in [5.74, 6) is -0.314. The van der Waals surface area contributed by atoms with Crippen LogP contribution in [0.2, 0.25) is 0 Å². The summed E-state index contributed by atoms with van der Waals surface area (Å²) in [5, 5.41) is 18.0. The lowest BCUT2D eigenvalue weighted by Gasteiger charge is -2.24. The molecule has 6 heteroatoms. The number of phenolic OH excluding ortho intramolecular Hbond substituents is 1.